The molecule has 0 saturated carbocycles. The van der Waals surface area contributed by atoms with Crippen LogP contribution in [0.3, 0.4) is 0 Å². The molecule has 1 aromatic rings. The second-order valence-electron chi connectivity index (χ2n) is 4.93. The molecule has 0 bridgehead atoms. The molecule has 16 heavy (non-hydrogen) atoms. The van der Waals surface area contributed by atoms with E-state index in [1.165, 1.54) is 18.2 Å². The van der Waals surface area contributed by atoms with E-state index in [9.17, 15) is 4.79 Å². The number of hydrogen-bond acceptors (Lipinski definition) is 2. The van der Waals surface area contributed by atoms with Crippen LogP contribution in [0.4, 0.5) is 10.5 Å². The average Bonchev–Trinajstić information content (AvgIpc) is 2.46. The first-order valence-corrected chi connectivity index (χ1v) is 5.43. The Hall–Kier alpha value is -1.51. The van der Waals surface area contributed by atoms with Gasteiger partial charge in [0.2, 0.25) is 0 Å². The molecule has 1 aromatic carbocycles. The third kappa shape index (κ3) is 1.56. The molecule has 1 heterocycles. The molecule has 0 unspecified atom stereocenters. The first-order valence-electron chi connectivity index (χ1n) is 5.43. The quantitative estimate of drug-likeness (QED) is 0.671. The van der Waals surface area contributed by atoms with E-state index in [2.05, 4.69) is 26.8 Å². The van der Waals surface area contributed by atoms with Crippen molar-refractivity contribution < 1.29 is 9.53 Å². The minimum absolute atomic E-state index is 0.205. The Kier molecular flexibility index (Phi) is 2.41. The van der Waals surface area contributed by atoms with E-state index in [4.69, 9.17) is 4.74 Å². The van der Waals surface area contributed by atoms with E-state index in [0.717, 1.165) is 12.1 Å². The highest BCUT2D eigenvalue weighted by Gasteiger charge is 2.40. The summed E-state index contributed by atoms with van der Waals surface area (Å²) in [5.74, 6) is 0. The number of rotatable bonds is 0. The van der Waals surface area contributed by atoms with Gasteiger partial charge in [-0.15, -0.1) is 0 Å². The van der Waals surface area contributed by atoms with Gasteiger partial charge in [-0.05, 0) is 38.8 Å². The van der Waals surface area contributed by atoms with Crippen molar-refractivity contribution in [3.63, 3.8) is 0 Å². The third-order valence-electron chi connectivity index (χ3n) is 3.06. The maximum Gasteiger partial charge on any atom is 0.414 e. The number of anilines is 1. The van der Waals surface area contributed by atoms with Crippen LogP contribution in [-0.4, -0.2) is 18.7 Å². The third-order valence-corrected chi connectivity index (χ3v) is 3.06. The molecule has 0 radical (unpaired) electrons. The van der Waals surface area contributed by atoms with Gasteiger partial charge in [0.1, 0.15) is 0 Å². The number of benzene rings is 1. The highest BCUT2D eigenvalue weighted by Crippen LogP contribution is 2.39. The van der Waals surface area contributed by atoms with Gasteiger partial charge in [0, 0.05) is 5.54 Å². The molecule has 0 atom stereocenters. The van der Waals surface area contributed by atoms with E-state index in [0.29, 0.717) is 0 Å². The Bertz CT molecular complexity index is 438. The molecule has 0 aliphatic carbocycles. The van der Waals surface area contributed by atoms with Crippen LogP contribution in [0.5, 0.6) is 0 Å². The topological polar surface area (TPSA) is 29.5 Å². The lowest BCUT2D eigenvalue weighted by Crippen LogP contribution is -2.45. The number of carbonyl (C=O) groups excluding carboxylic acids is 1. The summed E-state index contributed by atoms with van der Waals surface area (Å²) in [5, 5.41) is 0. The normalized spacial score (nSPS) is 17.1. The van der Waals surface area contributed by atoms with E-state index in [1.54, 1.807) is 4.90 Å². The number of ether oxygens (including phenoxy) is 1. The number of nitrogens with zero attached hydrogens (tertiary/aromatic N) is 1. The molecule has 1 aliphatic rings. The summed E-state index contributed by atoms with van der Waals surface area (Å²) >= 11 is 0. The molecule has 3 nitrogen and oxygen atoms in total. The van der Waals surface area contributed by atoms with E-state index >= 15 is 0 Å². The van der Waals surface area contributed by atoms with Gasteiger partial charge in [-0.3, -0.25) is 4.90 Å². The zero-order valence-corrected chi connectivity index (χ0v) is 10.2. The lowest BCUT2D eigenvalue weighted by molar-refractivity contribution is 0.173. The summed E-state index contributed by atoms with van der Waals surface area (Å²) in [6.07, 6.45) is 0.589. The van der Waals surface area contributed by atoms with Crippen molar-refractivity contribution in [1.82, 2.24) is 0 Å². The van der Waals surface area contributed by atoms with Crippen LogP contribution in [-0.2, 0) is 11.2 Å². The second-order valence-corrected chi connectivity index (χ2v) is 4.93. The first-order chi connectivity index (χ1) is 7.45. The smallest absolute Gasteiger partial charge is 0.414 e. The maximum absolute atomic E-state index is 11.8. The predicted molar refractivity (Wildman–Crippen MR) is 63.8 cm³/mol. The molecule has 0 aromatic heterocycles. The van der Waals surface area contributed by atoms with Crippen LogP contribution in [0, 0.1) is 6.92 Å². The predicted octanol–water partition coefficient (Wildman–Crippen LogP) is 2.90. The molecule has 0 spiro atoms. The Morgan fingerprint density at radius 2 is 2.12 bits per heavy atom. The SMILES string of the molecule is COC(=O)N1c2ccc(C)cc2CC1(C)C. The number of hydrogen-bond donors (Lipinski definition) is 0. The van der Waals surface area contributed by atoms with Crippen LogP contribution >= 0.6 is 0 Å². The fraction of sp³-hybridized carbons (Fsp3) is 0.462. The number of carbonyl (C=O) groups is 1. The van der Waals surface area contributed by atoms with Gasteiger partial charge < -0.3 is 4.74 Å². The van der Waals surface area contributed by atoms with Crippen LogP contribution in [0.25, 0.3) is 0 Å². The van der Waals surface area contributed by atoms with E-state index in [-0.39, 0.29) is 11.6 Å². The Labute approximate surface area is 96.0 Å². The molecule has 3 heteroatoms. The minimum atomic E-state index is -0.285. The molecule has 0 N–H and O–H groups in total. The van der Waals surface area contributed by atoms with Crippen molar-refractivity contribution in [2.24, 2.45) is 0 Å². The van der Waals surface area contributed by atoms with Crippen LogP contribution in [0.2, 0.25) is 0 Å². The second kappa shape index (κ2) is 3.51. The zero-order chi connectivity index (χ0) is 11.9. The molecule has 86 valence electrons. The van der Waals surface area contributed by atoms with Crippen LogP contribution < -0.4 is 4.90 Å². The number of fused-ring (bicyclic) bond motifs is 1. The van der Waals surface area contributed by atoms with E-state index in [1.807, 2.05) is 12.1 Å². The number of methoxy groups -OCH3 is 1. The summed E-state index contributed by atoms with van der Waals surface area (Å²) in [6, 6.07) is 6.16. The lowest BCUT2D eigenvalue weighted by Gasteiger charge is -2.30. The summed E-state index contributed by atoms with van der Waals surface area (Å²) in [4.78, 5) is 13.5. The Morgan fingerprint density at radius 3 is 2.75 bits per heavy atom. The van der Waals surface area contributed by atoms with Gasteiger partial charge in [0.15, 0.2) is 0 Å². The van der Waals surface area contributed by atoms with Crippen LogP contribution in [0.15, 0.2) is 18.2 Å². The largest absolute Gasteiger partial charge is 0.452 e. The van der Waals surface area contributed by atoms with Crippen molar-refractivity contribution in [2.75, 3.05) is 12.0 Å². The van der Waals surface area contributed by atoms with Gasteiger partial charge >= 0.3 is 6.09 Å². The summed E-state index contributed by atoms with van der Waals surface area (Å²) in [7, 11) is 1.42. The monoisotopic (exact) mass is 219 g/mol. The summed E-state index contributed by atoms with van der Waals surface area (Å²) < 4.78 is 4.84. The van der Waals surface area contributed by atoms with Crippen molar-refractivity contribution in [2.45, 2.75) is 32.7 Å². The van der Waals surface area contributed by atoms with Gasteiger partial charge in [-0.2, -0.15) is 0 Å². The summed E-state index contributed by atoms with van der Waals surface area (Å²) in [6.45, 7) is 6.17. The highest BCUT2D eigenvalue weighted by atomic mass is 16.5. The molecule has 2 rings (SSSR count). The first kappa shape index (κ1) is 11.0. The maximum atomic E-state index is 11.8. The molecule has 0 saturated heterocycles. The molecular formula is C13H17NO2. The molecule has 1 amide bonds. The summed E-state index contributed by atoms with van der Waals surface area (Å²) in [5.41, 5.74) is 3.21. The van der Waals surface area contributed by atoms with Crippen molar-refractivity contribution in [3.8, 4) is 0 Å². The standard InChI is InChI=1S/C13H17NO2/c1-9-5-6-11-10(7-9)8-13(2,3)14(11)12(15)16-4/h5-7H,8H2,1-4H3. The zero-order valence-electron chi connectivity index (χ0n) is 10.2. The van der Waals surface area contributed by atoms with Gasteiger partial charge in [-0.1, -0.05) is 17.7 Å². The van der Waals surface area contributed by atoms with Crippen LogP contribution in [0.1, 0.15) is 25.0 Å². The fourth-order valence-electron chi connectivity index (χ4n) is 2.38. The Balaban J connectivity index is 2.50. The van der Waals surface area contributed by atoms with Crippen molar-refractivity contribution >= 4 is 11.8 Å². The number of aryl methyl sites for hydroxylation is 1. The highest BCUT2D eigenvalue weighted by molar-refractivity contribution is 5.92. The molecule has 1 aliphatic heterocycles. The fourth-order valence-corrected chi connectivity index (χ4v) is 2.38. The minimum Gasteiger partial charge on any atom is -0.452 e. The Morgan fingerprint density at radius 1 is 1.44 bits per heavy atom. The van der Waals surface area contributed by atoms with Gasteiger partial charge in [0.25, 0.3) is 0 Å². The molecule has 0 fully saturated rings. The van der Waals surface area contributed by atoms with Crippen molar-refractivity contribution in [1.29, 1.82) is 0 Å². The van der Waals surface area contributed by atoms with E-state index < -0.39 is 0 Å². The van der Waals surface area contributed by atoms with Gasteiger partial charge in [-0.25, -0.2) is 4.79 Å². The molecular weight excluding hydrogens is 202 g/mol. The van der Waals surface area contributed by atoms with Gasteiger partial charge in [0.05, 0.1) is 12.8 Å². The van der Waals surface area contributed by atoms with Crippen molar-refractivity contribution in [3.05, 3.63) is 29.3 Å². The lowest BCUT2D eigenvalue weighted by atomic mass is 9.99. The average molecular weight is 219 g/mol. The number of amides is 1.